The molecule has 2 N–H and O–H groups in total. The van der Waals surface area contributed by atoms with E-state index in [-0.39, 0.29) is 23.8 Å². The molecule has 0 spiro atoms. The molecule has 0 aliphatic carbocycles. The maximum Gasteiger partial charge on any atom is 0.354 e. The van der Waals surface area contributed by atoms with E-state index in [1.165, 1.54) is 23.2 Å². The SMILES string of the molecule is O=C(O)c1cc(C(=O)N2CCOC(CO)C2)ccn1. The Hall–Kier alpha value is -1.99. The van der Waals surface area contributed by atoms with Gasteiger partial charge in [-0.1, -0.05) is 0 Å². The first-order valence-corrected chi connectivity index (χ1v) is 5.83. The summed E-state index contributed by atoms with van der Waals surface area (Å²) in [5.74, 6) is -1.46. The van der Waals surface area contributed by atoms with Gasteiger partial charge in [0.25, 0.3) is 5.91 Å². The van der Waals surface area contributed by atoms with E-state index < -0.39 is 12.1 Å². The molecule has 102 valence electrons. The van der Waals surface area contributed by atoms with E-state index in [0.29, 0.717) is 19.7 Å². The number of carbonyl (C=O) groups excluding carboxylic acids is 1. The summed E-state index contributed by atoms with van der Waals surface area (Å²) in [4.78, 5) is 28.2. The molecule has 1 saturated heterocycles. The van der Waals surface area contributed by atoms with Gasteiger partial charge in [0.15, 0.2) is 0 Å². The lowest BCUT2D eigenvalue weighted by Crippen LogP contribution is -2.46. The van der Waals surface area contributed by atoms with Crippen LogP contribution >= 0.6 is 0 Å². The first-order valence-electron chi connectivity index (χ1n) is 5.83. The molecule has 1 aliphatic rings. The summed E-state index contributed by atoms with van der Waals surface area (Å²) in [7, 11) is 0. The summed E-state index contributed by atoms with van der Waals surface area (Å²) >= 11 is 0. The van der Waals surface area contributed by atoms with Crippen LogP contribution in [-0.2, 0) is 4.74 Å². The zero-order valence-electron chi connectivity index (χ0n) is 10.2. The number of aliphatic hydroxyl groups excluding tert-OH is 1. The zero-order valence-corrected chi connectivity index (χ0v) is 10.2. The Balaban J connectivity index is 2.14. The van der Waals surface area contributed by atoms with Crippen LogP contribution in [0.25, 0.3) is 0 Å². The molecule has 0 radical (unpaired) electrons. The predicted molar refractivity (Wildman–Crippen MR) is 63.9 cm³/mol. The molecule has 19 heavy (non-hydrogen) atoms. The Bertz CT molecular complexity index is 491. The average Bonchev–Trinajstić information content (AvgIpc) is 2.46. The number of rotatable bonds is 3. The Morgan fingerprint density at radius 2 is 2.32 bits per heavy atom. The minimum Gasteiger partial charge on any atom is -0.477 e. The van der Waals surface area contributed by atoms with Gasteiger partial charge in [-0.05, 0) is 12.1 Å². The lowest BCUT2D eigenvalue weighted by Gasteiger charge is -2.32. The number of carboxylic acid groups (broad SMARTS) is 1. The molecule has 0 aromatic carbocycles. The van der Waals surface area contributed by atoms with Crippen molar-refractivity contribution in [3.63, 3.8) is 0 Å². The molecule has 7 heteroatoms. The minimum atomic E-state index is -1.18. The molecule has 1 unspecified atom stereocenters. The number of pyridine rings is 1. The van der Waals surface area contributed by atoms with Gasteiger partial charge in [0.2, 0.25) is 0 Å². The first-order chi connectivity index (χ1) is 9.11. The fraction of sp³-hybridized carbons (Fsp3) is 0.417. The van der Waals surface area contributed by atoms with Crippen molar-refractivity contribution in [2.24, 2.45) is 0 Å². The number of ether oxygens (including phenoxy) is 1. The quantitative estimate of drug-likeness (QED) is 0.773. The molecule has 1 atom stereocenters. The molecule has 2 rings (SSSR count). The second-order valence-corrected chi connectivity index (χ2v) is 4.16. The standard InChI is InChI=1S/C12H14N2O5/c15-7-9-6-14(3-4-19-9)11(16)8-1-2-13-10(5-8)12(17)18/h1-2,5,9,15H,3-4,6-7H2,(H,17,18). The third-order valence-electron chi connectivity index (χ3n) is 2.86. The molecular weight excluding hydrogens is 252 g/mol. The van der Waals surface area contributed by atoms with Gasteiger partial charge in [-0.3, -0.25) is 4.79 Å². The van der Waals surface area contributed by atoms with E-state index in [9.17, 15) is 9.59 Å². The van der Waals surface area contributed by atoms with Gasteiger partial charge in [0, 0.05) is 24.8 Å². The normalized spacial score (nSPS) is 19.2. The number of carbonyl (C=O) groups is 2. The molecule has 1 amide bonds. The highest BCUT2D eigenvalue weighted by Crippen LogP contribution is 2.11. The Morgan fingerprint density at radius 1 is 1.53 bits per heavy atom. The molecule has 1 aliphatic heterocycles. The highest BCUT2D eigenvalue weighted by Gasteiger charge is 2.25. The number of morpholine rings is 1. The zero-order chi connectivity index (χ0) is 13.8. The smallest absolute Gasteiger partial charge is 0.354 e. The van der Waals surface area contributed by atoms with Crippen molar-refractivity contribution in [1.29, 1.82) is 0 Å². The van der Waals surface area contributed by atoms with Crippen molar-refractivity contribution in [3.05, 3.63) is 29.6 Å². The van der Waals surface area contributed by atoms with Crippen molar-refractivity contribution in [2.45, 2.75) is 6.10 Å². The molecule has 0 bridgehead atoms. The number of nitrogens with zero attached hydrogens (tertiary/aromatic N) is 2. The summed E-state index contributed by atoms with van der Waals surface area (Å²) in [6.45, 7) is 0.911. The van der Waals surface area contributed by atoms with Gasteiger partial charge in [0.05, 0.1) is 19.3 Å². The molecular formula is C12H14N2O5. The minimum absolute atomic E-state index is 0.152. The molecule has 2 heterocycles. The van der Waals surface area contributed by atoms with Gasteiger partial charge < -0.3 is 19.8 Å². The number of hydrogen-bond donors (Lipinski definition) is 2. The lowest BCUT2D eigenvalue weighted by atomic mass is 10.1. The second-order valence-electron chi connectivity index (χ2n) is 4.16. The fourth-order valence-corrected chi connectivity index (χ4v) is 1.88. The third kappa shape index (κ3) is 3.07. The van der Waals surface area contributed by atoms with E-state index >= 15 is 0 Å². The molecule has 0 saturated carbocycles. The van der Waals surface area contributed by atoms with E-state index in [2.05, 4.69) is 4.98 Å². The first kappa shape index (κ1) is 13.4. The summed E-state index contributed by atoms with van der Waals surface area (Å²) in [5, 5.41) is 17.9. The van der Waals surface area contributed by atoms with Crippen LogP contribution in [0.2, 0.25) is 0 Å². The third-order valence-corrected chi connectivity index (χ3v) is 2.86. The summed E-state index contributed by atoms with van der Waals surface area (Å²) in [5.41, 5.74) is 0.101. The van der Waals surface area contributed by atoms with E-state index in [1.807, 2.05) is 0 Å². The maximum absolute atomic E-state index is 12.2. The Kier molecular flexibility index (Phi) is 4.08. The Labute approximate surface area is 109 Å². The summed E-state index contributed by atoms with van der Waals surface area (Å²) < 4.78 is 5.25. The number of amides is 1. The van der Waals surface area contributed by atoms with Crippen LogP contribution in [0.15, 0.2) is 18.3 Å². The summed E-state index contributed by atoms with van der Waals surface area (Å²) in [6.07, 6.45) is 0.902. The van der Waals surface area contributed by atoms with Crippen LogP contribution in [0.3, 0.4) is 0 Å². The molecule has 1 aromatic rings. The van der Waals surface area contributed by atoms with Crippen molar-refractivity contribution in [1.82, 2.24) is 9.88 Å². The molecule has 1 fully saturated rings. The largest absolute Gasteiger partial charge is 0.477 e. The van der Waals surface area contributed by atoms with Gasteiger partial charge in [-0.2, -0.15) is 0 Å². The van der Waals surface area contributed by atoms with E-state index in [0.717, 1.165) is 0 Å². The number of carboxylic acids is 1. The number of aromatic carboxylic acids is 1. The van der Waals surface area contributed by atoms with Crippen LogP contribution in [0.5, 0.6) is 0 Å². The second kappa shape index (κ2) is 5.77. The topological polar surface area (TPSA) is 100.0 Å². The van der Waals surface area contributed by atoms with Gasteiger partial charge in [-0.25, -0.2) is 9.78 Å². The predicted octanol–water partition coefficient (Wildman–Crippen LogP) is -0.387. The highest BCUT2D eigenvalue weighted by molar-refractivity contribution is 5.96. The van der Waals surface area contributed by atoms with E-state index in [1.54, 1.807) is 0 Å². The number of aliphatic hydroxyl groups is 1. The van der Waals surface area contributed by atoms with Gasteiger partial charge in [-0.15, -0.1) is 0 Å². The Morgan fingerprint density at radius 3 is 3.00 bits per heavy atom. The van der Waals surface area contributed by atoms with Crippen molar-refractivity contribution < 1.29 is 24.5 Å². The summed E-state index contributed by atoms with van der Waals surface area (Å²) in [6, 6.07) is 2.71. The maximum atomic E-state index is 12.2. The lowest BCUT2D eigenvalue weighted by molar-refractivity contribution is -0.0447. The molecule has 1 aromatic heterocycles. The number of aromatic nitrogens is 1. The number of hydrogen-bond acceptors (Lipinski definition) is 5. The van der Waals surface area contributed by atoms with Crippen LogP contribution in [0.1, 0.15) is 20.8 Å². The van der Waals surface area contributed by atoms with Crippen LogP contribution in [0.4, 0.5) is 0 Å². The highest BCUT2D eigenvalue weighted by atomic mass is 16.5. The van der Waals surface area contributed by atoms with Crippen LogP contribution in [0, 0.1) is 0 Å². The fourth-order valence-electron chi connectivity index (χ4n) is 1.88. The van der Waals surface area contributed by atoms with Gasteiger partial charge in [0.1, 0.15) is 5.69 Å². The van der Waals surface area contributed by atoms with Gasteiger partial charge >= 0.3 is 5.97 Å². The molecule has 7 nitrogen and oxygen atoms in total. The van der Waals surface area contributed by atoms with Crippen LogP contribution in [-0.4, -0.2) is 64.4 Å². The average molecular weight is 266 g/mol. The van der Waals surface area contributed by atoms with Crippen LogP contribution < -0.4 is 0 Å². The van der Waals surface area contributed by atoms with Crippen molar-refractivity contribution >= 4 is 11.9 Å². The van der Waals surface area contributed by atoms with Crippen molar-refractivity contribution in [2.75, 3.05) is 26.3 Å². The van der Waals surface area contributed by atoms with E-state index in [4.69, 9.17) is 14.9 Å². The van der Waals surface area contributed by atoms with Crippen molar-refractivity contribution in [3.8, 4) is 0 Å². The monoisotopic (exact) mass is 266 g/mol.